The average Bonchev–Trinajstić information content (AvgIpc) is 2.67. The van der Waals surface area contributed by atoms with E-state index < -0.39 is 15.8 Å². The Morgan fingerprint density at radius 3 is 2.37 bits per heavy atom. The molecule has 1 fully saturated rings. The van der Waals surface area contributed by atoms with Crippen molar-refractivity contribution < 1.29 is 18.3 Å². The maximum absolute atomic E-state index is 12.7. The van der Waals surface area contributed by atoms with Crippen LogP contribution in [0.15, 0.2) is 48.5 Å². The molecule has 0 spiro atoms. The van der Waals surface area contributed by atoms with Crippen molar-refractivity contribution in [2.24, 2.45) is 0 Å². The number of rotatable bonds is 7. The third-order valence-electron chi connectivity index (χ3n) is 5.05. The predicted octanol–water partition coefficient (Wildman–Crippen LogP) is 4.24. The van der Waals surface area contributed by atoms with Gasteiger partial charge in [-0.05, 0) is 48.2 Å². The number of anilines is 1. The molecule has 0 aromatic heterocycles. The number of sulfone groups is 1. The average molecular weight is 388 g/mol. The lowest BCUT2D eigenvalue weighted by atomic mass is 10.0. The van der Waals surface area contributed by atoms with E-state index in [2.05, 4.69) is 5.32 Å². The minimum atomic E-state index is -3.12. The van der Waals surface area contributed by atoms with Gasteiger partial charge in [0.1, 0.15) is 0 Å². The number of carboxylic acid groups (broad SMARTS) is 1. The third kappa shape index (κ3) is 5.32. The number of hydrogen-bond donors (Lipinski definition) is 2. The van der Waals surface area contributed by atoms with Gasteiger partial charge in [0, 0.05) is 12.2 Å². The van der Waals surface area contributed by atoms with Gasteiger partial charge in [0.15, 0.2) is 9.84 Å². The molecule has 3 rings (SSSR count). The number of carboxylic acids is 1. The van der Waals surface area contributed by atoms with E-state index in [4.69, 9.17) is 5.11 Å². The van der Waals surface area contributed by atoms with E-state index in [0.717, 1.165) is 48.9 Å². The summed E-state index contributed by atoms with van der Waals surface area (Å²) in [6.07, 6.45) is 4.72. The van der Waals surface area contributed by atoms with Crippen LogP contribution in [0.25, 0.3) is 0 Å². The van der Waals surface area contributed by atoms with E-state index in [1.807, 2.05) is 24.3 Å². The Labute approximate surface area is 160 Å². The maximum atomic E-state index is 12.7. The Bertz CT molecular complexity index is 885. The fourth-order valence-electron chi connectivity index (χ4n) is 3.51. The van der Waals surface area contributed by atoms with Crippen LogP contribution in [0.5, 0.6) is 0 Å². The highest BCUT2D eigenvalue weighted by Crippen LogP contribution is 2.26. The highest BCUT2D eigenvalue weighted by molar-refractivity contribution is 7.91. The van der Waals surface area contributed by atoms with Crippen LogP contribution in [0.3, 0.4) is 0 Å². The van der Waals surface area contributed by atoms with Gasteiger partial charge < -0.3 is 10.4 Å². The SMILES string of the molecule is O=C(O)c1ccc(CNc2cccc(CS(=O)(=O)C3CCCCC3)c2)cc1. The Kier molecular flexibility index (Phi) is 6.16. The Morgan fingerprint density at radius 2 is 1.70 bits per heavy atom. The molecule has 0 bridgehead atoms. The molecule has 0 aliphatic heterocycles. The first-order valence-corrected chi connectivity index (χ1v) is 11.0. The molecule has 2 aromatic rings. The van der Waals surface area contributed by atoms with Crippen LogP contribution in [0.1, 0.15) is 53.6 Å². The zero-order valence-corrected chi connectivity index (χ0v) is 16.0. The molecule has 144 valence electrons. The second kappa shape index (κ2) is 8.57. The monoisotopic (exact) mass is 387 g/mol. The molecule has 1 saturated carbocycles. The number of carbonyl (C=O) groups is 1. The van der Waals surface area contributed by atoms with Crippen LogP contribution in [-0.2, 0) is 22.1 Å². The van der Waals surface area contributed by atoms with E-state index >= 15 is 0 Å². The van der Waals surface area contributed by atoms with E-state index in [0.29, 0.717) is 6.54 Å². The number of benzene rings is 2. The number of hydrogen-bond acceptors (Lipinski definition) is 4. The Morgan fingerprint density at radius 1 is 1.00 bits per heavy atom. The Hall–Kier alpha value is -2.34. The van der Waals surface area contributed by atoms with Crippen molar-refractivity contribution in [1.82, 2.24) is 0 Å². The summed E-state index contributed by atoms with van der Waals surface area (Å²) >= 11 is 0. The first kappa shape index (κ1) is 19.4. The topological polar surface area (TPSA) is 83.5 Å². The molecule has 0 amide bonds. The van der Waals surface area contributed by atoms with Gasteiger partial charge in [0.05, 0.1) is 16.6 Å². The van der Waals surface area contributed by atoms with Gasteiger partial charge in [-0.1, -0.05) is 43.5 Å². The summed E-state index contributed by atoms with van der Waals surface area (Å²) in [5.41, 5.74) is 2.87. The van der Waals surface area contributed by atoms with Gasteiger partial charge >= 0.3 is 5.97 Å². The van der Waals surface area contributed by atoms with Gasteiger partial charge in [-0.25, -0.2) is 13.2 Å². The van der Waals surface area contributed by atoms with E-state index in [9.17, 15) is 13.2 Å². The first-order valence-electron chi connectivity index (χ1n) is 9.31. The molecule has 27 heavy (non-hydrogen) atoms. The lowest BCUT2D eigenvalue weighted by Crippen LogP contribution is -2.25. The van der Waals surface area contributed by atoms with Gasteiger partial charge in [-0.15, -0.1) is 0 Å². The zero-order valence-electron chi connectivity index (χ0n) is 15.2. The van der Waals surface area contributed by atoms with Crippen molar-refractivity contribution in [2.75, 3.05) is 5.32 Å². The minimum Gasteiger partial charge on any atom is -0.478 e. The normalized spacial score (nSPS) is 15.4. The van der Waals surface area contributed by atoms with E-state index in [1.54, 1.807) is 24.3 Å². The molecule has 0 heterocycles. The van der Waals surface area contributed by atoms with Gasteiger partial charge in [0.2, 0.25) is 0 Å². The quantitative estimate of drug-likeness (QED) is 0.742. The largest absolute Gasteiger partial charge is 0.478 e. The van der Waals surface area contributed by atoms with Crippen LogP contribution in [0, 0.1) is 0 Å². The molecular weight excluding hydrogens is 362 g/mol. The van der Waals surface area contributed by atoms with Crippen LogP contribution >= 0.6 is 0 Å². The first-order chi connectivity index (χ1) is 12.9. The number of aromatic carboxylic acids is 1. The summed E-state index contributed by atoms with van der Waals surface area (Å²) in [6, 6.07) is 14.2. The second-order valence-electron chi connectivity index (χ2n) is 7.12. The molecule has 5 nitrogen and oxygen atoms in total. The smallest absolute Gasteiger partial charge is 0.335 e. The third-order valence-corrected chi connectivity index (χ3v) is 7.28. The van der Waals surface area contributed by atoms with Gasteiger partial charge in [-0.3, -0.25) is 0 Å². The van der Waals surface area contributed by atoms with Crippen molar-refractivity contribution in [2.45, 2.75) is 49.7 Å². The lowest BCUT2D eigenvalue weighted by molar-refractivity contribution is 0.0697. The molecule has 0 saturated heterocycles. The summed E-state index contributed by atoms with van der Waals surface area (Å²) in [5, 5.41) is 12.0. The summed E-state index contributed by atoms with van der Waals surface area (Å²) < 4.78 is 25.3. The highest BCUT2D eigenvalue weighted by atomic mass is 32.2. The molecule has 6 heteroatoms. The molecule has 2 N–H and O–H groups in total. The minimum absolute atomic E-state index is 0.0838. The van der Waals surface area contributed by atoms with Gasteiger partial charge in [-0.2, -0.15) is 0 Å². The van der Waals surface area contributed by atoms with Crippen molar-refractivity contribution >= 4 is 21.5 Å². The maximum Gasteiger partial charge on any atom is 0.335 e. The van der Waals surface area contributed by atoms with Crippen molar-refractivity contribution in [3.63, 3.8) is 0 Å². The van der Waals surface area contributed by atoms with Crippen LogP contribution in [0.2, 0.25) is 0 Å². The van der Waals surface area contributed by atoms with Crippen molar-refractivity contribution in [3.05, 3.63) is 65.2 Å². The zero-order chi connectivity index (χ0) is 19.3. The summed E-state index contributed by atoms with van der Waals surface area (Å²) in [4.78, 5) is 10.9. The number of nitrogens with one attached hydrogen (secondary N) is 1. The molecular formula is C21H25NO4S. The van der Waals surface area contributed by atoms with E-state index in [-0.39, 0.29) is 16.6 Å². The standard InChI is InChI=1S/C21H25NO4S/c23-21(24)18-11-9-16(10-12-18)14-22-19-6-4-5-17(13-19)15-27(25,26)20-7-2-1-3-8-20/h4-6,9-13,20,22H,1-3,7-8,14-15H2,(H,23,24). The molecule has 1 aliphatic carbocycles. The van der Waals surface area contributed by atoms with Crippen LogP contribution in [0.4, 0.5) is 5.69 Å². The molecule has 0 radical (unpaired) electrons. The van der Waals surface area contributed by atoms with E-state index in [1.165, 1.54) is 0 Å². The molecule has 1 aliphatic rings. The summed E-state index contributed by atoms with van der Waals surface area (Å²) in [5.74, 6) is -0.859. The fraction of sp³-hybridized carbons (Fsp3) is 0.381. The van der Waals surface area contributed by atoms with Crippen molar-refractivity contribution in [3.8, 4) is 0 Å². The fourth-order valence-corrected chi connectivity index (χ4v) is 5.45. The van der Waals surface area contributed by atoms with Crippen molar-refractivity contribution in [1.29, 1.82) is 0 Å². The molecule has 0 atom stereocenters. The second-order valence-corrected chi connectivity index (χ2v) is 9.40. The highest BCUT2D eigenvalue weighted by Gasteiger charge is 2.27. The van der Waals surface area contributed by atoms with Crippen LogP contribution in [-0.4, -0.2) is 24.7 Å². The van der Waals surface area contributed by atoms with Gasteiger partial charge in [0.25, 0.3) is 0 Å². The lowest BCUT2D eigenvalue weighted by Gasteiger charge is -2.21. The summed E-state index contributed by atoms with van der Waals surface area (Å²) in [6.45, 7) is 0.540. The molecule has 0 unspecified atom stereocenters. The predicted molar refractivity (Wildman–Crippen MR) is 107 cm³/mol. The Balaban J connectivity index is 1.62. The molecule has 2 aromatic carbocycles. The van der Waals surface area contributed by atoms with Crippen LogP contribution < -0.4 is 5.32 Å². The summed E-state index contributed by atoms with van der Waals surface area (Å²) in [7, 11) is -3.12.